The zero-order chi connectivity index (χ0) is 24.1. The van der Waals surface area contributed by atoms with Crippen LogP contribution in [0.3, 0.4) is 0 Å². The van der Waals surface area contributed by atoms with Crippen LogP contribution in [0.2, 0.25) is 10.0 Å². The van der Waals surface area contributed by atoms with Crippen molar-refractivity contribution < 1.29 is 14.3 Å². The average Bonchev–Trinajstić information content (AvgIpc) is 2.81. The van der Waals surface area contributed by atoms with Crippen LogP contribution >= 0.6 is 23.2 Å². The van der Waals surface area contributed by atoms with E-state index in [2.05, 4.69) is 5.32 Å². The average molecular weight is 487 g/mol. The first kappa shape index (κ1) is 23.1. The molecule has 4 aromatic rings. The van der Waals surface area contributed by atoms with E-state index in [9.17, 15) is 14.9 Å². The molecule has 0 aliphatic heterocycles. The summed E-state index contributed by atoms with van der Waals surface area (Å²) in [4.78, 5) is 25.4. The van der Waals surface area contributed by atoms with Crippen molar-refractivity contribution >= 4 is 57.6 Å². The molecule has 4 rings (SSSR count). The third-order valence-corrected chi connectivity index (χ3v) is 5.31. The van der Waals surface area contributed by atoms with E-state index < -0.39 is 11.9 Å². The van der Waals surface area contributed by atoms with Gasteiger partial charge >= 0.3 is 5.97 Å². The number of nitriles is 1. The van der Waals surface area contributed by atoms with Crippen LogP contribution in [0, 0.1) is 11.3 Å². The van der Waals surface area contributed by atoms with Crippen LogP contribution in [-0.4, -0.2) is 11.9 Å². The number of rotatable bonds is 5. The lowest BCUT2D eigenvalue weighted by Gasteiger charge is -2.08. The number of carbonyl (C=O) groups excluding carboxylic acids is 2. The molecule has 0 spiro atoms. The fraction of sp³-hybridized carbons (Fsp3) is 0. The van der Waals surface area contributed by atoms with Crippen LogP contribution in [0.1, 0.15) is 15.9 Å². The Morgan fingerprint density at radius 2 is 1.59 bits per heavy atom. The Morgan fingerprint density at radius 1 is 0.882 bits per heavy atom. The molecule has 0 bridgehead atoms. The monoisotopic (exact) mass is 486 g/mol. The number of nitrogens with one attached hydrogen (secondary N) is 1. The first-order valence-electron chi connectivity index (χ1n) is 10.1. The van der Waals surface area contributed by atoms with Gasteiger partial charge in [-0.3, -0.25) is 4.79 Å². The summed E-state index contributed by atoms with van der Waals surface area (Å²) in [5.74, 6) is -0.848. The Bertz CT molecular complexity index is 1460. The number of esters is 1. The van der Waals surface area contributed by atoms with Crippen molar-refractivity contribution in [1.82, 2.24) is 0 Å². The van der Waals surface area contributed by atoms with Crippen LogP contribution in [-0.2, 0) is 4.79 Å². The second-order valence-corrected chi connectivity index (χ2v) is 8.14. The van der Waals surface area contributed by atoms with Crippen molar-refractivity contribution in [2.24, 2.45) is 0 Å². The molecule has 5 nitrogen and oxygen atoms in total. The molecule has 0 saturated carbocycles. The predicted octanol–water partition coefficient (Wildman–Crippen LogP) is 6.91. The lowest BCUT2D eigenvalue weighted by Crippen LogP contribution is -2.13. The number of carbonyl (C=O) groups is 2. The molecule has 1 N–H and O–H groups in total. The Balaban J connectivity index is 1.54. The molecule has 34 heavy (non-hydrogen) atoms. The topological polar surface area (TPSA) is 79.2 Å². The van der Waals surface area contributed by atoms with E-state index in [4.69, 9.17) is 27.9 Å². The van der Waals surface area contributed by atoms with E-state index >= 15 is 0 Å². The van der Waals surface area contributed by atoms with Crippen molar-refractivity contribution in [3.8, 4) is 11.8 Å². The molecule has 0 fully saturated rings. The first-order valence-corrected chi connectivity index (χ1v) is 10.9. The molecule has 7 heteroatoms. The van der Waals surface area contributed by atoms with Gasteiger partial charge in [-0.2, -0.15) is 5.26 Å². The number of ether oxygens (including phenoxy) is 1. The van der Waals surface area contributed by atoms with Gasteiger partial charge in [-0.15, -0.1) is 0 Å². The summed E-state index contributed by atoms with van der Waals surface area (Å²) >= 11 is 11.9. The van der Waals surface area contributed by atoms with Crippen molar-refractivity contribution in [3.63, 3.8) is 0 Å². The van der Waals surface area contributed by atoms with Crippen molar-refractivity contribution in [1.29, 1.82) is 5.26 Å². The number of halogens is 2. The Hall–Kier alpha value is -4.11. The summed E-state index contributed by atoms with van der Waals surface area (Å²) in [6, 6.07) is 26.0. The second-order valence-electron chi connectivity index (χ2n) is 7.27. The Morgan fingerprint density at radius 3 is 2.35 bits per heavy atom. The highest BCUT2D eigenvalue weighted by Gasteiger charge is 2.14. The minimum atomic E-state index is -0.626. The first-order chi connectivity index (χ1) is 16.4. The van der Waals surface area contributed by atoms with Gasteiger partial charge < -0.3 is 10.1 Å². The summed E-state index contributed by atoms with van der Waals surface area (Å²) in [5.41, 5.74) is 1.17. The fourth-order valence-electron chi connectivity index (χ4n) is 3.37. The summed E-state index contributed by atoms with van der Waals surface area (Å²) in [7, 11) is 0. The molecule has 0 atom stereocenters. The van der Waals surface area contributed by atoms with E-state index in [0.717, 1.165) is 10.8 Å². The van der Waals surface area contributed by atoms with E-state index in [1.54, 1.807) is 36.4 Å². The van der Waals surface area contributed by atoms with E-state index in [1.807, 2.05) is 36.4 Å². The molecule has 0 aliphatic carbocycles. The smallest absolute Gasteiger partial charge is 0.344 e. The number of amides is 1. The maximum atomic E-state index is 12.8. The molecule has 4 aromatic carbocycles. The van der Waals surface area contributed by atoms with Gasteiger partial charge in [-0.05, 0) is 58.8 Å². The number of anilines is 1. The summed E-state index contributed by atoms with van der Waals surface area (Å²) in [6.07, 6.45) is 1.40. The predicted molar refractivity (Wildman–Crippen MR) is 134 cm³/mol. The molecular weight excluding hydrogens is 471 g/mol. The zero-order valence-corrected chi connectivity index (χ0v) is 19.1. The van der Waals surface area contributed by atoms with Crippen molar-refractivity contribution in [2.75, 3.05) is 5.32 Å². The molecule has 1 amide bonds. The third-order valence-electron chi connectivity index (χ3n) is 4.87. The van der Waals surface area contributed by atoms with Crippen LogP contribution in [0.15, 0.2) is 90.5 Å². The zero-order valence-electron chi connectivity index (χ0n) is 17.6. The fourth-order valence-corrected chi connectivity index (χ4v) is 3.90. The highest BCUT2D eigenvalue weighted by Crippen LogP contribution is 2.24. The number of hydrogen-bond donors (Lipinski definition) is 1. The minimum Gasteiger partial charge on any atom is -0.423 e. The van der Waals surface area contributed by atoms with E-state index in [-0.39, 0.29) is 11.3 Å². The number of hydrogen-bond acceptors (Lipinski definition) is 4. The minimum absolute atomic E-state index is 0.145. The standard InChI is InChI=1S/C27H16Cl2N2O3/c28-20-13-21(29)15-22(14-20)31-26(32)19(16-30)11-17-5-3-8-23(12-17)34-27(33)25-10-4-7-18-6-1-2-9-24(18)25/h1-15H,(H,31,32)/b19-11+. The quantitative estimate of drug-likeness (QED) is 0.144. The Labute approximate surface area is 205 Å². The van der Waals surface area contributed by atoms with E-state index in [0.29, 0.717) is 26.9 Å². The van der Waals surface area contributed by atoms with Gasteiger partial charge in [0, 0.05) is 15.7 Å². The van der Waals surface area contributed by atoms with Crippen LogP contribution < -0.4 is 10.1 Å². The SMILES string of the molecule is N#C/C(=C\c1cccc(OC(=O)c2cccc3ccccc23)c1)C(=O)Nc1cc(Cl)cc(Cl)c1. The van der Waals surface area contributed by atoms with Gasteiger partial charge in [-0.25, -0.2) is 4.79 Å². The highest BCUT2D eigenvalue weighted by molar-refractivity contribution is 6.35. The normalized spacial score (nSPS) is 11.0. The van der Waals surface area contributed by atoms with Gasteiger partial charge in [0.2, 0.25) is 0 Å². The molecule has 0 saturated heterocycles. The van der Waals surface area contributed by atoms with E-state index in [1.165, 1.54) is 24.3 Å². The number of nitrogens with zero attached hydrogens (tertiary/aromatic N) is 1. The highest BCUT2D eigenvalue weighted by atomic mass is 35.5. The number of fused-ring (bicyclic) bond motifs is 1. The van der Waals surface area contributed by atoms with Crippen LogP contribution in [0.5, 0.6) is 5.75 Å². The van der Waals surface area contributed by atoms with Gasteiger partial charge in [0.05, 0.1) is 5.56 Å². The van der Waals surface area contributed by atoms with Gasteiger partial charge in [-0.1, -0.05) is 71.7 Å². The van der Waals surface area contributed by atoms with Crippen molar-refractivity contribution in [2.45, 2.75) is 0 Å². The van der Waals surface area contributed by atoms with Gasteiger partial charge in [0.15, 0.2) is 0 Å². The maximum Gasteiger partial charge on any atom is 0.344 e. The molecular formula is C27H16Cl2N2O3. The Kier molecular flexibility index (Phi) is 6.93. The second kappa shape index (κ2) is 10.2. The van der Waals surface area contributed by atoms with Gasteiger partial charge in [0.25, 0.3) is 5.91 Å². The lowest BCUT2D eigenvalue weighted by atomic mass is 10.0. The lowest BCUT2D eigenvalue weighted by molar-refractivity contribution is -0.112. The summed E-state index contributed by atoms with van der Waals surface area (Å²) < 4.78 is 5.57. The third kappa shape index (κ3) is 5.44. The van der Waals surface area contributed by atoms with Gasteiger partial charge in [0.1, 0.15) is 17.4 Å². The molecule has 0 aromatic heterocycles. The maximum absolute atomic E-state index is 12.8. The molecule has 0 heterocycles. The largest absolute Gasteiger partial charge is 0.423 e. The summed E-state index contributed by atoms with van der Waals surface area (Å²) in [6.45, 7) is 0. The van der Waals surface area contributed by atoms with Crippen molar-refractivity contribution in [3.05, 3.63) is 112 Å². The number of benzene rings is 4. The molecule has 166 valence electrons. The molecule has 0 unspecified atom stereocenters. The molecule has 0 aliphatic rings. The summed E-state index contributed by atoms with van der Waals surface area (Å²) in [5, 5.41) is 14.5. The van der Waals surface area contributed by atoms with Crippen LogP contribution in [0.4, 0.5) is 5.69 Å². The van der Waals surface area contributed by atoms with Crippen LogP contribution in [0.25, 0.3) is 16.8 Å². The molecule has 0 radical (unpaired) electrons.